The SMILES string of the molecule is CN(CC1CC(O)C1)c1ccc2ncccc2c1[N+](=O)[O-]. The highest BCUT2D eigenvalue weighted by molar-refractivity contribution is 5.94. The number of aliphatic hydroxyl groups is 1. The zero-order valence-corrected chi connectivity index (χ0v) is 11.8. The number of benzene rings is 1. The number of rotatable bonds is 4. The summed E-state index contributed by atoms with van der Waals surface area (Å²) < 4.78 is 0. The van der Waals surface area contributed by atoms with Crippen molar-refractivity contribution in [3.8, 4) is 0 Å². The summed E-state index contributed by atoms with van der Waals surface area (Å²) >= 11 is 0. The number of fused-ring (bicyclic) bond motifs is 1. The average Bonchev–Trinajstić information content (AvgIpc) is 2.44. The second-order valence-corrected chi connectivity index (χ2v) is 5.63. The fourth-order valence-corrected chi connectivity index (χ4v) is 2.96. The Kier molecular flexibility index (Phi) is 3.47. The van der Waals surface area contributed by atoms with Crippen molar-refractivity contribution in [1.82, 2.24) is 4.98 Å². The molecule has 1 aliphatic carbocycles. The van der Waals surface area contributed by atoms with Crippen molar-refractivity contribution in [3.63, 3.8) is 0 Å². The van der Waals surface area contributed by atoms with Gasteiger partial charge in [-0.15, -0.1) is 0 Å². The Morgan fingerprint density at radius 2 is 2.19 bits per heavy atom. The van der Waals surface area contributed by atoms with E-state index in [2.05, 4.69) is 4.98 Å². The van der Waals surface area contributed by atoms with Crippen LogP contribution in [0.15, 0.2) is 30.5 Å². The van der Waals surface area contributed by atoms with Gasteiger partial charge in [-0.3, -0.25) is 15.1 Å². The minimum atomic E-state index is -0.342. The number of hydrogen-bond donors (Lipinski definition) is 1. The van der Waals surface area contributed by atoms with Crippen molar-refractivity contribution in [2.75, 3.05) is 18.5 Å². The summed E-state index contributed by atoms with van der Waals surface area (Å²) in [5.41, 5.74) is 1.32. The van der Waals surface area contributed by atoms with Gasteiger partial charge in [0.05, 0.1) is 21.9 Å². The monoisotopic (exact) mass is 287 g/mol. The van der Waals surface area contributed by atoms with Crippen molar-refractivity contribution in [2.24, 2.45) is 5.92 Å². The Balaban J connectivity index is 1.97. The maximum atomic E-state index is 11.5. The molecule has 0 bridgehead atoms. The van der Waals surface area contributed by atoms with Crippen LogP contribution in [-0.4, -0.2) is 34.7 Å². The predicted molar refractivity (Wildman–Crippen MR) is 80.4 cm³/mol. The fourth-order valence-electron chi connectivity index (χ4n) is 2.96. The third kappa shape index (κ3) is 2.54. The van der Waals surface area contributed by atoms with E-state index in [0.29, 0.717) is 29.1 Å². The van der Waals surface area contributed by atoms with E-state index in [1.165, 1.54) is 0 Å². The van der Waals surface area contributed by atoms with Gasteiger partial charge in [-0.25, -0.2) is 0 Å². The molecule has 1 heterocycles. The van der Waals surface area contributed by atoms with E-state index in [4.69, 9.17) is 0 Å². The standard InChI is InChI=1S/C15H17N3O3/c1-17(9-10-7-11(19)8-10)14-5-4-13-12(3-2-6-16-13)15(14)18(20)21/h2-6,10-11,19H,7-9H2,1H3. The van der Waals surface area contributed by atoms with Gasteiger partial charge in [0, 0.05) is 19.8 Å². The Morgan fingerprint density at radius 3 is 2.86 bits per heavy atom. The van der Waals surface area contributed by atoms with Crippen molar-refractivity contribution in [2.45, 2.75) is 18.9 Å². The summed E-state index contributed by atoms with van der Waals surface area (Å²) in [6, 6.07) is 7.00. The van der Waals surface area contributed by atoms with Gasteiger partial charge in [0.1, 0.15) is 5.69 Å². The molecule has 0 atom stereocenters. The molecule has 0 radical (unpaired) electrons. The van der Waals surface area contributed by atoms with Crippen LogP contribution < -0.4 is 4.90 Å². The summed E-state index contributed by atoms with van der Waals surface area (Å²) in [5.74, 6) is 0.397. The molecule has 1 aromatic heterocycles. The fraction of sp³-hybridized carbons (Fsp3) is 0.400. The van der Waals surface area contributed by atoms with E-state index >= 15 is 0 Å². The van der Waals surface area contributed by atoms with E-state index in [0.717, 1.165) is 12.8 Å². The smallest absolute Gasteiger partial charge is 0.301 e. The lowest BCUT2D eigenvalue weighted by Gasteiger charge is -2.35. The molecule has 0 amide bonds. The maximum absolute atomic E-state index is 11.5. The molecule has 0 saturated heterocycles. The van der Waals surface area contributed by atoms with Crippen LogP contribution in [0.2, 0.25) is 0 Å². The third-order valence-electron chi connectivity index (χ3n) is 4.07. The van der Waals surface area contributed by atoms with E-state index in [1.807, 2.05) is 18.0 Å². The van der Waals surface area contributed by atoms with Crippen molar-refractivity contribution in [3.05, 3.63) is 40.6 Å². The third-order valence-corrected chi connectivity index (χ3v) is 4.07. The number of aliphatic hydroxyl groups excluding tert-OH is 1. The van der Waals surface area contributed by atoms with Crippen LogP contribution in [0.3, 0.4) is 0 Å². The van der Waals surface area contributed by atoms with Gasteiger partial charge in [-0.1, -0.05) is 0 Å². The van der Waals surface area contributed by atoms with Gasteiger partial charge >= 0.3 is 5.69 Å². The van der Waals surface area contributed by atoms with Gasteiger partial charge in [0.25, 0.3) is 0 Å². The summed E-state index contributed by atoms with van der Waals surface area (Å²) in [7, 11) is 1.86. The van der Waals surface area contributed by atoms with Crippen LogP contribution in [0.4, 0.5) is 11.4 Å². The topological polar surface area (TPSA) is 79.5 Å². The van der Waals surface area contributed by atoms with Crippen molar-refractivity contribution < 1.29 is 10.0 Å². The quantitative estimate of drug-likeness (QED) is 0.689. The van der Waals surface area contributed by atoms with Crippen LogP contribution in [0, 0.1) is 16.0 Å². The average molecular weight is 287 g/mol. The lowest BCUT2D eigenvalue weighted by atomic mass is 9.82. The molecular weight excluding hydrogens is 270 g/mol. The highest BCUT2D eigenvalue weighted by Gasteiger charge is 2.30. The highest BCUT2D eigenvalue weighted by Crippen LogP contribution is 2.36. The van der Waals surface area contributed by atoms with Crippen molar-refractivity contribution >= 4 is 22.3 Å². The lowest BCUT2D eigenvalue weighted by Crippen LogP contribution is -2.37. The molecule has 1 N–H and O–H groups in total. The highest BCUT2D eigenvalue weighted by atomic mass is 16.6. The summed E-state index contributed by atoms with van der Waals surface area (Å²) in [4.78, 5) is 17.2. The first kappa shape index (κ1) is 13.8. The molecule has 1 saturated carbocycles. The number of nitro benzene ring substituents is 1. The largest absolute Gasteiger partial charge is 0.393 e. The van der Waals surface area contributed by atoms with Crippen LogP contribution in [0.25, 0.3) is 10.9 Å². The van der Waals surface area contributed by atoms with Crippen LogP contribution in [-0.2, 0) is 0 Å². The Morgan fingerprint density at radius 1 is 1.43 bits per heavy atom. The maximum Gasteiger partial charge on any atom is 0.301 e. The summed E-state index contributed by atoms with van der Waals surface area (Å²) in [6.45, 7) is 0.712. The number of pyridine rings is 1. The molecule has 21 heavy (non-hydrogen) atoms. The zero-order chi connectivity index (χ0) is 15.0. The molecule has 2 aromatic rings. The molecule has 0 unspecified atom stereocenters. The first-order chi connectivity index (χ1) is 10.1. The Bertz CT molecular complexity index is 683. The molecule has 6 nitrogen and oxygen atoms in total. The lowest BCUT2D eigenvalue weighted by molar-refractivity contribution is -0.382. The van der Waals surface area contributed by atoms with Crippen molar-refractivity contribution in [1.29, 1.82) is 0 Å². The summed E-state index contributed by atoms with van der Waals surface area (Å²) in [6.07, 6.45) is 2.96. The van der Waals surface area contributed by atoms with Crippen LogP contribution in [0.1, 0.15) is 12.8 Å². The van der Waals surface area contributed by atoms with E-state index in [1.54, 1.807) is 24.4 Å². The van der Waals surface area contributed by atoms with E-state index in [-0.39, 0.29) is 16.7 Å². The van der Waals surface area contributed by atoms with E-state index in [9.17, 15) is 15.2 Å². The van der Waals surface area contributed by atoms with Gasteiger partial charge in [-0.2, -0.15) is 0 Å². The van der Waals surface area contributed by atoms with Crippen LogP contribution >= 0.6 is 0 Å². The molecule has 0 spiro atoms. The minimum Gasteiger partial charge on any atom is -0.393 e. The predicted octanol–water partition coefficient (Wildman–Crippen LogP) is 2.35. The normalized spacial score (nSPS) is 21.0. The van der Waals surface area contributed by atoms with Gasteiger partial charge in [0.2, 0.25) is 0 Å². The summed E-state index contributed by atoms with van der Waals surface area (Å²) in [5, 5.41) is 21.4. The number of hydrogen-bond acceptors (Lipinski definition) is 5. The number of nitro groups is 1. The van der Waals surface area contributed by atoms with Gasteiger partial charge in [0.15, 0.2) is 0 Å². The molecular formula is C15H17N3O3. The van der Waals surface area contributed by atoms with E-state index < -0.39 is 0 Å². The second kappa shape index (κ2) is 5.29. The minimum absolute atomic E-state index is 0.1000. The molecule has 1 aromatic carbocycles. The van der Waals surface area contributed by atoms with Gasteiger partial charge < -0.3 is 10.0 Å². The number of aromatic nitrogens is 1. The van der Waals surface area contributed by atoms with Crippen LogP contribution in [0.5, 0.6) is 0 Å². The second-order valence-electron chi connectivity index (χ2n) is 5.63. The Labute approximate surface area is 122 Å². The molecule has 3 rings (SSSR count). The molecule has 110 valence electrons. The molecule has 1 aliphatic rings. The molecule has 0 aliphatic heterocycles. The van der Waals surface area contributed by atoms with Gasteiger partial charge in [-0.05, 0) is 43.0 Å². The zero-order valence-electron chi connectivity index (χ0n) is 11.8. The number of anilines is 1. The molecule has 1 fully saturated rings. The Hall–Kier alpha value is -2.21. The number of nitrogens with zero attached hydrogens (tertiary/aromatic N) is 3. The first-order valence-corrected chi connectivity index (χ1v) is 6.97. The molecule has 6 heteroatoms. The first-order valence-electron chi connectivity index (χ1n) is 6.97.